The van der Waals surface area contributed by atoms with Crippen LogP contribution in [0.25, 0.3) is 0 Å². The molecule has 1 rings (SSSR count). The van der Waals surface area contributed by atoms with Crippen LogP contribution in [-0.4, -0.2) is 60.3 Å². The van der Waals surface area contributed by atoms with Crippen molar-refractivity contribution in [3.63, 3.8) is 0 Å². The molecule has 2 N–H and O–H groups in total. The highest BCUT2D eigenvalue weighted by atomic mass is 16.5. The van der Waals surface area contributed by atoms with E-state index in [4.69, 9.17) is 9.84 Å². The molecular formula is C17H32N2O4. The van der Waals surface area contributed by atoms with Gasteiger partial charge in [0, 0.05) is 44.5 Å². The van der Waals surface area contributed by atoms with Gasteiger partial charge in [0.05, 0.1) is 12.7 Å². The van der Waals surface area contributed by atoms with E-state index >= 15 is 0 Å². The summed E-state index contributed by atoms with van der Waals surface area (Å²) < 4.78 is 5.53. The Balaban J connectivity index is 2.98. The van der Waals surface area contributed by atoms with Crippen molar-refractivity contribution in [2.24, 2.45) is 11.8 Å². The molecule has 0 aromatic rings. The van der Waals surface area contributed by atoms with Crippen molar-refractivity contribution >= 4 is 11.8 Å². The Bertz CT molecular complexity index is 402. The van der Waals surface area contributed by atoms with Crippen molar-refractivity contribution in [2.75, 3.05) is 20.3 Å². The third-order valence-corrected chi connectivity index (χ3v) is 4.97. The van der Waals surface area contributed by atoms with Gasteiger partial charge in [0.1, 0.15) is 0 Å². The highest BCUT2D eigenvalue weighted by Crippen LogP contribution is 2.32. The van der Waals surface area contributed by atoms with E-state index in [2.05, 4.69) is 5.32 Å². The van der Waals surface area contributed by atoms with Crippen molar-refractivity contribution in [1.82, 2.24) is 10.2 Å². The fraction of sp³-hybridized carbons (Fsp3) is 0.882. The number of methoxy groups -OCH3 is 1. The summed E-state index contributed by atoms with van der Waals surface area (Å²) in [5.41, 5.74) is 0. The smallest absolute Gasteiger partial charge is 0.223 e. The number of nitrogens with one attached hydrogen (secondary N) is 1. The van der Waals surface area contributed by atoms with Gasteiger partial charge in [-0.25, -0.2) is 0 Å². The predicted octanol–water partition coefficient (Wildman–Crippen LogP) is 1.17. The average Bonchev–Trinajstić information content (AvgIpc) is 2.54. The number of ether oxygens (including phenoxy) is 1. The molecule has 0 aromatic carbocycles. The van der Waals surface area contributed by atoms with Gasteiger partial charge in [-0.2, -0.15) is 0 Å². The minimum Gasteiger partial charge on any atom is -0.394 e. The van der Waals surface area contributed by atoms with Gasteiger partial charge < -0.3 is 20.1 Å². The number of hydrogen-bond acceptors (Lipinski definition) is 4. The van der Waals surface area contributed by atoms with Crippen LogP contribution in [0.2, 0.25) is 0 Å². The highest BCUT2D eigenvalue weighted by molar-refractivity contribution is 5.79. The Hall–Kier alpha value is -1.14. The molecule has 1 heterocycles. The lowest BCUT2D eigenvalue weighted by atomic mass is 9.78. The molecule has 0 aliphatic carbocycles. The number of likely N-dealkylation sites (tertiary alicyclic amines) is 1. The lowest BCUT2D eigenvalue weighted by molar-refractivity contribution is -0.141. The maximum Gasteiger partial charge on any atom is 0.223 e. The minimum atomic E-state index is -0.302. The first-order valence-corrected chi connectivity index (χ1v) is 8.54. The van der Waals surface area contributed by atoms with Gasteiger partial charge in [0.25, 0.3) is 0 Å². The van der Waals surface area contributed by atoms with E-state index in [0.717, 1.165) is 25.8 Å². The van der Waals surface area contributed by atoms with Crippen molar-refractivity contribution in [3.8, 4) is 0 Å². The second-order valence-electron chi connectivity index (χ2n) is 6.67. The minimum absolute atomic E-state index is 0.0152. The number of carbonyl (C=O) groups excluding carboxylic acids is 2. The van der Waals surface area contributed by atoms with E-state index in [1.54, 1.807) is 21.0 Å². The summed E-state index contributed by atoms with van der Waals surface area (Å²) in [6.07, 6.45) is 2.82. The van der Waals surface area contributed by atoms with Crippen molar-refractivity contribution in [2.45, 2.75) is 65.1 Å². The monoisotopic (exact) mass is 328 g/mol. The van der Waals surface area contributed by atoms with Gasteiger partial charge in [-0.15, -0.1) is 0 Å². The molecule has 0 radical (unpaired) electrons. The first-order chi connectivity index (χ1) is 10.8. The number of nitrogens with zero attached hydrogens (tertiary/aromatic N) is 1. The maximum absolute atomic E-state index is 12.5. The normalized spacial score (nSPS) is 23.7. The van der Waals surface area contributed by atoms with Gasteiger partial charge in [0.15, 0.2) is 0 Å². The van der Waals surface area contributed by atoms with Crippen LogP contribution in [0.5, 0.6) is 0 Å². The van der Waals surface area contributed by atoms with Crippen LogP contribution in [0.4, 0.5) is 0 Å². The zero-order valence-electron chi connectivity index (χ0n) is 15.0. The van der Waals surface area contributed by atoms with Crippen molar-refractivity contribution in [1.29, 1.82) is 0 Å². The Labute approximate surface area is 139 Å². The molecule has 1 fully saturated rings. The maximum atomic E-state index is 12.5. The largest absolute Gasteiger partial charge is 0.394 e. The topological polar surface area (TPSA) is 78.9 Å². The lowest BCUT2D eigenvalue weighted by Crippen LogP contribution is -2.54. The zero-order chi connectivity index (χ0) is 17.6. The summed E-state index contributed by atoms with van der Waals surface area (Å²) in [6, 6.07) is -0.264. The molecular weight excluding hydrogens is 296 g/mol. The number of amides is 2. The van der Waals surface area contributed by atoms with Crippen LogP contribution in [-0.2, 0) is 14.3 Å². The van der Waals surface area contributed by atoms with Crippen molar-refractivity contribution in [3.05, 3.63) is 0 Å². The third-order valence-electron chi connectivity index (χ3n) is 4.97. The van der Waals surface area contributed by atoms with Crippen LogP contribution in [0, 0.1) is 11.8 Å². The summed E-state index contributed by atoms with van der Waals surface area (Å²) in [5, 5.41) is 12.0. The molecule has 0 bridgehead atoms. The molecule has 0 spiro atoms. The first-order valence-electron chi connectivity index (χ1n) is 8.54. The molecule has 0 aromatic heterocycles. The summed E-state index contributed by atoms with van der Waals surface area (Å²) in [6.45, 7) is 7.84. The van der Waals surface area contributed by atoms with Gasteiger partial charge in [0.2, 0.25) is 11.8 Å². The quantitative estimate of drug-likeness (QED) is 0.735. The van der Waals surface area contributed by atoms with E-state index in [-0.39, 0.29) is 48.4 Å². The average molecular weight is 328 g/mol. The highest BCUT2D eigenvalue weighted by Gasteiger charge is 2.40. The lowest BCUT2D eigenvalue weighted by Gasteiger charge is -2.44. The Kier molecular flexibility index (Phi) is 7.99. The number of piperidine rings is 1. The molecule has 5 unspecified atom stereocenters. The van der Waals surface area contributed by atoms with Crippen molar-refractivity contribution < 1.29 is 19.4 Å². The fourth-order valence-corrected chi connectivity index (χ4v) is 3.55. The van der Waals surface area contributed by atoms with Crippen LogP contribution in [0.3, 0.4) is 0 Å². The van der Waals surface area contributed by atoms with Crippen LogP contribution < -0.4 is 5.32 Å². The van der Waals surface area contributed by atoms with Gasteiger partial charge >= 0.3 is 0 Å². The SMILES string of the molecule is COC(C)C(C(C)C(=O)NC(C)CO)C1CCCCN1C(C)=O. The molecule has 1 aliphatic rings. The van der Waals surface area contributed by atoms with E-state index < -0.39 is 0 Å². The summed E-state index contributed by atoms with van der Waals surface area (Å²) >= 11 is 0. The molecule has 134 valence electrons. The third kappa shape index (κ3) is 5.18. The Morgan fingerprint density at radius 1 is 1.30 bits per heavy atom. The fourth-order valence-electron chi connectivity index (χ4n) is 3.55. The summed E-state index contributed by atoms with van der Waals surface area (Å²) in [5.74, 6) is -0.423. The molecule has 1 saturated heterocycles. The standard InChI is InChI=1S/C17H32N2O4/c1-11(10-20)18-17(22)12(2)16(13(3)23-5)15-8-6-7-9-19(15)14(4)21/h11-13,15-16,20H,6-10H2,1-5H3,(H,18,22). The van der Waals surface area contributed by atoms with Crippen LogP contribution in [0.15, 0.2) is 0 Å². The molecule has 0 saturated carbocycles. The summed E-state index contributed by atoms with van der Waals surface area (Å²) in [7, 11) is 1.64. The van der Waals surface area contributed by atoms with E-state index in [1.807, 2.05) is 18.7 Å². The number of aliphatic hydroxyl groups is 1. The van der Waals surface area contributed by atoms with Gasteiger partial charge in [-0.05, 0) is 33.1 Å². The molecule has 6 nitrogen and oxygen atoms in total. The van der Waals surface area contributed by atoms with Crippen LogP contribution >= 0.6 is 0 Å². The second kappa shape index (κ2) is 9.23. The number of rotatable bonds is 7. The van der Waals surface area contributed by atoms with Crippen LogP contribution in [0.1, 0.15) is 47.0 Å². The second-order valence-corrected chi connectivity index (χ2v) is 6.67. The summed E-state index contributed by atoms with van der Waals surface area (Å²) in [4.78, 5) is 26.4. The number of aliphatic hydroxyl groups excluding tert-OH is 1. The Morgan fingerprint density at radius 2 is 1.96 bits per heavy atom. The molecule has 1 aliphatic heterocycles. The van der Waals surface area contributed by atoms with Gasteiger partial charge in [-0.3, -0.25) is 9.59 Å². The van der Waals surface area contributed by atoms with E-state index in [1.165, 1.54) is 0 Å². The van der Waals surface area contributed by atoms with E-state index in [9.17, 15) is 9.59 Å². The van der Waals surface area contributed by atoms with E-state index in [0.29, 0.717) is 0 Å². The zero-order valence-corrected chi connectivity index (χ0v) is 15.0. The molecule has 2 amide bonds. The number of carbonyl (C=O) groups is 2. The molecule has 5 atom stereocenters. The first kappa shape index (κ1) is 19.9. The van der Waals surface area contributed by atoms with Gasteiger partial charge in [-0.1, -0.05) is 6.92 Å². The molecule has 23 heavy (non-hydrogen) atoms. The molecule has 6 heteroatoms. The Morgan fingerprint density at radius 3 is 2.48 bits per heavy atom. The predicted molar refractivity (Wildman–Crippen MR) is 88.8 cm³/mol. The number of hydrogen-bond donors (Lipinski definition) is 2.